The van der Waals surface area contributed by atoms with Crippen molar-refractivity contribution in [2.45, 2.75) is 20.0 Å². The molecule has 0 fully saturated rings. The van der Waals surface area contributed by atoms with Crippen LogP contribution >= 0.6 is 35.6 Å². The molecule has 0 unspecified atom stereocenters. The van der Waals surface area contributed by atoms with Gasteiger partial charge < -0.3 is 20.7 Å². The van der Waals surface area contributed by atoms with Gasteiger partial charge in [-0.2, -0.15) is 0 Å². The number of aliphatic imine (C=N–C) groups is 1. The molecule has 0 aliphatic rings. The number of ether oxygens (including phenoxy) is 1. The van der Waals surface area contributed by atoms with Crippen molar-refractivity contribution in [2.75, 3.05) is 32.1 Å². The molecule has 0 atom stereocenters. The van der Waals surface area contributed by atoms with Gasteiger partial charge in [-0.15, -0.1) is 24.0 Å². The van der Waals surface area contributed by atoms with Gasteiger partial charge in [0.05, 0.1) is 13.2 Å². The molecule has 0 aromatic heterocycles. The fraction of sp³-hybridized carbons (Fsp3) is 0.350. The molecule has 0 aliphatic heterocycles. The lowest BCUT2D eigenvalue weighted by molar-refractivity contribution is 0.211. The molecule has 148 valence electrons. The Morgan fingerprint density at radius 2 is 1.85 bits per heavy atom. The van der Waals surface area contributed by atoms with Gasteiger partial charge >= 0.3 is 0 Å². The Bertz CT molecular complexity index is 695. The van der Waals surface area contributed by atoms with E-state index in [0.717, 1.165) is 35.3 Å². The smallest absolute Gasteiger partial charge is 0.191 e. The number of hydrogen-bond acceptors (Lipinski definition) is 3. The first-order valence-corrected chi connectivity index (χ1v) is 9.17. The Morgan fingerprint density at radius 1 is 1.07 bits per heavy atom. The number of methoxy groups -OCH3 is 1. The molecule has 5 nitrogen and oxygen atoms in total. The number of benzene rings is 2. The fourth-order valence-corrected chi connectivity index (χ4v) is 2.58. The van der Waals surface area contributed by atoms with E-state index < -0.39 is 0 Å². The first kappa shape index (κ1) is 23.5. The molecule has 27 heavy (non-hydrogen) atoms. The Balaban J connectivity index is 0.00000364. The second-order valence-electron chi connectivity index (χ2n) is 5.80. The number of rotatable bonds is 9. The number of halogens is 2. The van der Waals surface area contributed by atoms with Crippen molar-refractivity contribution in [3.63, 3.8) is 0 Å². The first-order chi connectivity index (χ1) is 12.7. The van der Waals surface area contributed by atoms with E-state index in [2.05, 4.69) is 52.1 Å². The van der Waals surface area contributed by atoms with Crippen molar-refractivity contribution >= 4 is 47.2 Å². The number of hydrogen-bond donors (Lipinski definition) is 3. The second kappa shape index (κ2) is 13.6. The summed E-state index contributed by atoms with van der Waals surface area (Å²) in [5.74, 6) is 0.787. The molecule has 0 spiro atoms. The van der Waals surface area contributed by atoms with Crippen LogP contribution in [0.3, 0.4) is 0 Å². The van der Waals surface area contributed by atoms with Crippen molar-refractivity contribution in [3.8, 4) is 0 Å². The zero-order chi connectivity index (χ0) is 18.6. The van der Waals surface area contributed by atoms with Crippen LogP contribution in [0, 0.1) is 0 Å². The maximum Gasteiger partial charge on any atom is 0.191 e. The van der Waals surface area contributed by atoms with Crippen LogP contribution < -0.4 is 16.0 Å². The Labute approximate surface area is 184 Å². The van der Waals surface area contributed by atoms with E-state index in [9.17, 15) is 0 Å². The van der Waals surface area contributed by atoms with Gasteiger partial charge in [-0.1, -0.05) is 35.9 Å². The number of nitrogens with one attached hydrogen (secondary N) is 3. The third kappa shape index (κ3) is 9.30. The van der Waals surface area contributed by atoms with Crippen molar-refractivity contribution in [1.82, 2.24) is 10.6 Å². The van der Waals surface area contributed by atoms with E-state index in [1.807, 2.05) is 24.3 Å². The fourth-order valence-electron chi connectivity index (χ4n) is 2.37. The minimum absolute atomic E-state index is 0. The van der Waals surface area contributed by atoms with Gasteiger partial charge in [0, 0.05) is 37.5 Å². The van der Waals surface area contributed by atoms with Gasteiger partial charge in [0.1, 0.15) is 0 Å². The van der Waals surface area contributed by atoms with Crippen LogP contribution in [0.4, 0.5) is 5.69 Å². The van der Waals surface area contributed by atoms with Crippen LogP contribution in [0.2, 0.25) is 5.02 Å². The Hall–Kier alpha value is -1.51. The Kier molecular flexibility index (Phi) is 11.9. The minimum atomic E-state index is 0. The summed E-state index contributed by atoms with van der Waals surface area (Å²) in [5, 5.41) is 10.7. The highest BCUT2D eigenvalue weighted by molar-refractivity contribution is 14.0. The van der Waals surface area contributed by atoms with Crippen molar-refractivity contribution in [2.24, 2.45) is 4.99 Å². The maximum atomic E-state index is 6.02. The largest absolute Gasteiger partial charge is 0.383 e. The molecule has 0 aliphatic carbocycles. The zero-order valence-electron chi connectivity index (χ0n) is 15.8. The van der Waals surface area contributed by atoms with Crippen LogP contribution in [0.15, 0.2) is 53.5 Å². The van der Waals surface area contributed by atoms with E-state index in [4.69, 9.17) is 16.3 Å². The predicted octanol–water partition coefficient (Wildman–Crippen LogP) is 4.27. The van der Waals surface area contributed by atoms with E-state index >= 15 is 0 Å². The molecule has 0 saturated heterocycles. The third-order valence-corrected chi connectivity index (χ3v) is 3.94. The highest BCUT2D eigenvalue weighted by Crippen LogP contribution is 2.11. The summed E-state index contributed by atoms with van der Waals surface area (Å²) in [6.07, 6.45) is 0. The summed E-state index contributed by atoms with van der Waals surface area (Å²) in [6, 6.07) is 16.1. The number of guanidine groups is 1. The van der Waals surface area contributed by atoms with Gasteiger partial charge in [0.2, 0.25) is 0 Å². The van der Waals surface area contributed by atoms with Crippen LogP contribution in [-0.4, -0.2) is 32.8 Å². The third-order valence-electron chi connectivity index (χ3n) is 3.70. The Morgan fingerprint density at radius 3 is 2.52 bits per heavy atom. The second-order valence-corrected chi connectivity index (χ2v) is 6.23. The topological polar surface area (TPSA) is 57.7 Å². The zero-order valence-corrected chi connectivity index (χ0v) is 18.9. The summed E-state index contributed by atoms with van der Waals surface area (Å²) >= 11 is 6.02. The molecule has 2 rings (SSSR count). The van der Waals surface area contributed by atoms with E-state index in [-0.39, 0.29) is 24.0 Å². The van der Waals surface area contributed by atoms with Crippen LogP contribution in [-0.2, 0) is 17.8 Å². The highest BCUT2D eigenvalue weighted by Gasteiger charge is 2.00. The highest BCUT2D eigenvalue weighted by atomic mass is 127. The average molecular weight is 503 g/mol. The molecule has 3 N–H and O–H groups in total. The van der Waals surface area contributed by atoms with E-state index in [1.165, 1.54) is 5.56 Å². The first-order valence-electron chi connectivity index (χ1n) is 8.79. The van der Waals surface area contributed by atoms with Crippen LogP contribution in [0.5, 0.6) is 0 Å². The molecule has 0 radical (unpaired) electrons. The number of nitrogens with zero attached hydrogens (tertiary/aromatic N) is 1. The molecule has 0 amide bonds. The van der Waals surface area contributed by atoms with Gasteiger partial charge in [-0.25, -0.2) is 4.99 Å². The van der Waals surface area contributed by atoms with Crippen LogP contribution in [0.1, 0.15) is 18.1 Å². The van der Waals surface area contributed by atoms with E-state index in [1.54, 1.807) is 7.11 Å². The van der Waals surface area contributed by atoms with Crippen molar-refractivity contribution in [3.05, 3.63) is 64.7 Å². The molecule has 7 heteroatoms. The van der Waals surface area contributed by atoms with E-state index in [0.29, 0.717) is 19.7 Å². The van der Waals surface area contributed by atoms with Gasteiger partial charge in [-0.3, -0.25) is 0 Å². The SMILES string of the molecule is CCNC(=NCc1cccc(Cl)c1)NCc1ccc(NCCOC)cc1.I. The van der Waals surface area contributed by atoms with Gasteiger partial charge in [-0.05, 0) is 42.3 Å². The lowest BCUT2D eigenvalue weighted by atomic mass is 10.2. The summed E-state index contributed by atoms with van der Waals surface area (Å²) in [6.45, 7) is 5.64. The normalized spacial score (nSPS) is 10.9. The molecular weight excluding hydrogens is 475 g/mol. The molecule has 0 saturated carbocycles. The number of anilines is 1. The standard InChI is InChI=1S/C20H27ClN4O.HI/c1-3-22-20(25-15-17-5-4-6-18(21)13-17)24-14-16-7-9-19(10-8-16)23-11-12-26-2;/h4-10,13,23H,3,11-12,14-15H2,1-2H3,(H2,22,24,25);1H. The van der Waals surface area contributed by atoms with Crippen LogP contribution in [0.25, 0.3) is 0 Å². The lowest BCUT2D eigenvalue weighted by Crippen LogP contribution is -2.36. The van der Waals surface area contributed by atoms with Crippen molar-refractivity contribution < 1.29 is 4.74 Å². The molecule has 0 bridgehead atoms. The minimum Gasteiger partial charge on any atom is -0.383 e. The molecule has 2 aromatic rings. The summed E-state index contributed by atoms with van der Waals surface area (Å²) in [5.41, 5.74) is 3.36. The average Bonchev–Trinajstić information content (AvgIpc) is 2.65. The predicted molar refractivity (Wildman–Crippen MR) is 125 cm³/mol. The molecule has 0 heterocycles. The quantitative estimate of drug-likeness (QED) is 0.207. The summed E-state index contributed by atoms with van der Waals surface area (Å²) in [7, 11) is 1.70. The summed E-state index contributed by atoms with van der Waals surface area (Å²) < 4.78 is 5.04. The lowest BCUT2D eigenvalue weighted by Gasteiger charge is -2.12. The summed E-state index contributed by atoms with van der Waals surface area (Å²) in [4.78, 5) is 4.62. The molecule has 2 aromatic carbocycles. The molecular formula is C20H28ClIN4O. The monoisotopic (exact) mass is 502 g/mol. The van der Waals surface area contributed by atoms with Gasteiger partial charge in [0.25, 0.3) is 0 Å². The van der Waals surface area contributed by atoms with Gasteiger partial charge in [0.15, 0.2) is 5.96 Å². The maximum absolute atomic E-state index is 6.02. The van der Waals surface area contributed by atoms with Crippen molar-refractivity contribution in [1.29, 1.82) is 0 Å².